The zero-order valence-electron chi connectivity index (χ0n) is 18.4. The van der Waals surface area contributed by atoms with Crippen molar-refractivity contribution in [1.82, 2.24) is 15.2 Å². The van der Waals surface area contributed by atoms with E-state index in [1.54, 1.807) is 47.6 Å². The standard InChI is InChI=1S/C25H22FN3O4S/c1-15-28-22(23(34-15)16-5-7-17(26)8-6-16)25(31)29-10-12-32-14-18(29)13-27-24(30)20-3-2-4-21-19(20)9-11-33-21/h2-9,11,18H,10,12-14H2,1H3,(H,27,30). The fourth-order valence-electron chi connectivity index (χ4n) is 4.09. The molecule has 1 fully saturated rings. The number of hydrogen-bond donors (Lipinski definition) is 1. The molecule has 1 aliphatic heterocycles. The van der Waals surface area contributed by atoms with Gasteiger partial charge in [-0.1, -0.05) is 18.2 Å². The number of thiazole rings is 1. The van der Waals surface area contributed by atoms with Crippen LogP contribution in [0.2, 0.25) is 0 Å². The van der Waals surface area contributed by atoms with Crippen LogP contribution in [-0.4, -0.2) is 54.0 Å². The van der Waals surface area contributed by atoms with E-state index in [1.165, 1.54) is 23.5 Å². The first-order valence-electron chi connectivity index (χ1n) is 10.9. The van der Waals surface area contributed by atoms with Crippen LogP contribution in [0.1, 0.15) is 25.9 Å². The molecule has 1 aliphatic rings. The summed E-state index contributed by atoms with van der Waals surface area (Å²) in [6.07, 6.45) is 1.55. The molecule has 1 saturated heterocycles. The fourth-order valence-corrected chi connectivity index (χ4v) is 5.01. The van der Waals surface area contributed by atoms with Crippen LogP contribution >= 0.6 is 11.3 Å². The molecule has 34 heavy (non-hydrogen) atoms. The average Bonchev–Trinajstić information content (AvgIpc) is 3.49. The van der Waals surface area contributed by atoms with Crippen LogP contribution in [0.25, 0.3) is 21.4 Å². The number of fused-ring (bicyclic) bond motifs is 1. The summed E-state index contributed by atoms with van der Waals surface area (Å²) in [5.74, 6) is -0.822. The molecule has 1 N–H and O–H groups in total. The van der Waals surface area contributed by atoms with Crippen LogP contribution in [-0.2, 0) is 4.74 Å². The van der Waals surface area contributed by atoms with Gasteiger partial charge in [-0.2, -0.15) is 0 Å². The van der Waals surface area contributed by atoms with Crippen LogP contribution in [0, 0.1) is 12.7 Å². The normalized spacial score (nSPS) is 16.1. The Bertz CT molecular complexity index is 1350. The first-order chi connectivity index (χ1) is 16.5. The summed E-state index contributed by atoms with van der Waals surface area (Å²) < 4.78 is 24.4. The molecule has 3 heterocycles. The van der Waals surface area contributed by atoms with Crippen molar-refractivity contribution in [2.75, 3.05) is 26.3 Å². The lowest BCUT2D eigenvalue weighted by Crippen LogP contribution is -2.53. The van der Waals surface area contributed by atoms with E-state index in [-0.39, 0.29) is 30.2 Å². The summed E-state index contributed by atoms with van der Waals surface area (Å²) in [7, 11) is 0. The van der Waals surface area contributed by atoms with Gasteiger partial charge in [-0.05, 0) is 42.8 Å². The van der Waals surface area contributed by atoms with Crippen molar-refractivity contribution >= 4 is 34.1 Å². The minimum atomic E-state index is -0.350. The molecule has 0 bridgehead atoms. The second-order valence-electron chi connectivity index (χ2n) is 7.99. The molecule has 0 aliphatic carbocycles. The number of rotatable bonds is 5. The Labute approximate surface area is 199 Å². The molecule has 0 spiro atoms. The van der Waals surface area contributed by atoms with Gasteiger partial charge >= 0.3 is 0 Å². The number of aryl methyl sites for hydroxylation is 1. The second kappa shape index (κ2) is 9.36. The number of morpholine rings is 1. The van der Waals surface area contributed by atoms with Gasteiger partial charge in [0, 0.05) is 18.5 Å². The first kappa shape index (κ1) is 22.2. The van der Waals surface area contributed by atoms with Crippen molar-refractivity contribution < 1.29 is 23.1 Å². The highest BCUT2D eigenvalue weighted by atomic mass is 32.1. The highest BCUT2D eigenvalue weighted by Crippen LogP contribution is 2.32. The maximum Gasteiger partial charge on any atom is 0.274 e. The van der Waals surface area contributed by atoms with Crippen LogP contribution < -0.4 is 5.32 Å². The van der Waals surface area contributed by atoms with Gasteiger partial charge in [0.25, 0.3) is 11.8 Å². The van der Waals surface area contributed by atoms with E-state index in [4.69, 9.17) is 9.15 Å². The average molecular weight is 480 g/mol. The van der Waals surface area contributed by atoms with Gasteiger partial charge in [0.2, 0.25) is 0 Å². The molecular formula is C25H22FN3O4S. The van der Waals surface area contributed by atoms with Gasteiger partial charge < -0.3 is 19.4 Å². The number of nitrogens with zero attached hydrogens (tertiary/aromatic N) is 2. The lowest BCUT2D eigenvalue weighted by Gasteiger charge is -2.35. The molecule has 2 amide bonds. The summed E-state index contributed by atoms with van der Waals surface area (Å²) in [6.45, 7) is 3.16. The minimum absolute atomic E-state index is 0.230. The number of nitrogens with one attached hydrogen (secondary N) is 1. The summed E-state index contributed by atoms with van der Waals surface area (Å²) in [6, 6.07) is 12.7. The van der Waals surface area contributed by atoms with E-state index in [9.17, 15) is 14.0 Å². The zero-order valence-corrected chi connectivity index (χ0v) is 19.2. The molecule has 0 saturated carbocycles. The fraction of sp³-hybridized carbons (Fsp3) is 0.240. The lowest BCUT2D eigenvalue weighted by atomic mass is 10.1. The van der Waals surface area contributed by atoms with Crippen molar-refractivity contribution in [3.63, 3.8) is 0 Å². The number of halogens is 1. The molecule has 174 valence electrons. The maximum atomic E-state index is 13.6. The number of carbonyl (C=O) groups is 2. The topological polar surface area (TPSA) is 84.7 Å². The number of hydrogen-bond acceptors (Lipinski definition) is 6. The molecule has 1 unspecified atom stereocenters. The Morgan fingerprint density at radius 3 is 2.85 bits per heavy atom. The quantitative estimate of drug-likeness (QED) is 0.462. The van der Waals surface area contributed by atoms with E-state index in [2.05, 4.69) is 10.3 Å². The smallest absolute Gasteiger partial charge is 0.274 e. The Kier molecular flexibility index (Phi) is 6.12. The van der Waals surface area contributed by atoms with Crippen molar-refractivity contribution in [1.29, 1.82) is 0 Å². The number of aromatic nitrogens is 1. The third-order valence-electron chi connectivity index (χ3n) is 5.77. The molecule has 4 aromatic rings. The zero-order chi connectivity index (χ0) is 23.7. The van der Waals surface area contributed by atoms with Gasteiger partial charge in [-0.3, -0.25) is 9.59 Å². The highest BCUT2D eigenvalue weighted by Gasteiger charge is 2.32. The van der Waals surface area contributed by atoms with E-state index >= 15 is 0 Å². The van der Waals surface area contributed by atoms with Gasteiger partial charge in [-0.15, -0.1) is 11.3 Å². The number of amides is 2. The van der Waals surface area contributed by atoms with Gasteiger partial charge in [0.15, 0.2) is 0 Å². The van der Waals surface area contributed by atoms with Crippen LogP contribution in [0.5, 0.6) is 0 Å². The van der Waals surface area contributed by atoms with Crippen LogP contribution in [0.3, 0.4) is 0 Å². The molecule has 0 radical (unpaired) electrons. The predicted octanol–water partition coefficient (Wildman–Crippen LogP) is 4.27. The van der Waals surface area contributed by atoms with Crippen molar-refractivity contribution in [2.45, 2.75) is 13.0 Å². The summed E-state index contributed by atoms with van der Waals surface area (Å²) in [5.41, 5.74) is 2.21. The van der Waals surface area contributed by atoms with Gasteiger partial charge in [-0.25, -0.2) is 9.37 Å². The van der Waals surface area contributed by atoms with Gasteiger partial charge in [0.05, 0.1) is 41.0 Å². The summed E-state index contributed by atoms with van der Waals surface area (Å²) >= 11 is 1.39. The molecule has 7 nitrogen and oxygen atoms in total. The van der Waals surface area contributed by atoms with Crippen molar-refractivity contribution in [2.24, 2.45) is 0 Å². The highest BCUT2D eigenvalue weighted by molar-refractivity contribution is 7.15. The van der Waals surface area contributed by atoms with Crippen molar-refractivity contribution in [3.8, 4) is 10.4 Å². The Hall–Kier alpha value is -3.56. The maximum absolute atomic E-state index is 13.6. The number of benzene rings is 2. The predicted molar refractivity (Wildman–Crippen MR) is 126 cm³/mol. The molecule has 2 aromatic heterocycles. The minimum Gasteiger partial charge on any atom is -0.464 e. The monoisotopic (exact) mass is 479 g/mol. The summed E-state index contributed by atoms with van der Waals surface area (Å²) in [4.78, 5) is 33.3. The number of furan rings is 1. The molecule has 5 rings (SSSR count). The third-order valence-corrected chi connectivity index (χ3v) is 6.79. The Balaban J connectivity index is 1.35. The van der Waals surface area contributed by atoms with E-state index in [0.29, 0.717) is 41.5 Å². The van der Waals surface area contributed by atoms with E-state index in [0.717, 1.165) is 16.0 Å². The largest absolute Gasteiger partial charge is 0.464 e. The SMILES string of the molecule is Cc1nc(C(=O)N2CCOCC2CNC(=O)c2cccc3occc23)c(-c2ccc(F)cc2)s1. The van der Waals surface area contributed by atoms with E-state index < -0.39 is 0 Å². The van der Waals surface area contributed by atoms with Crippen LogP contribution in [0.4, 0.5) is 4.39 Å². The molecule has 9 heteroatoms. The first-order valence-corrected chi connectivity index (χ1v) is 11.7. The molecular weight excluding hydrogens is 457 g/mol. The van der Waals surface area contributed by atoms with Gasteiger partial charge in [0.1, 0.15) is 17.1 Å². The Morgan fingerprint density at radius 2 is 2.03 bits per heavy atom. The number of carbonyl (C=O) groups excluding carboxylic acids is 2. The summed E-state index contributed by atoms with van der Waals surface area (Å²) in [5, 5.41) is 4.41. The molecule has 1 atom stereocenters. The Morgan fingerprint density at radius 1 is 1.21 bits per heavy atom. The van der Waals surface area contributed by atoms with Crippen LogP contribution in [0.15, 0.2) is 59.2 Å². The van der Waals surface area contributed by atoms with E-state index in [1.807, 2.05) is 6.92 Å². The second-order valence-corrected chi connectivity index (χ2v) is 9.20. The van der Waals surface area contributed by atoms with Crippen molar-refractivity contribution in [3.05, 3.63) is 76.9 Å². The molecule has 2 aromatic carbocycles. The lowest BCUT2D eigenvalue weighted by molar-refractivity contribution is -0.00152. The third kappa shape index (κ3) is 4.32. The number of ether oxygens (including phenoxy) is 1.